The Morgan fingerprint density at radius 2 is 1.88 bits per heavy atom. The molecule has 0 saturated heterocycles. The fourth-order valence-corrected chi connectivity index (χ4v) is 4.73. The monoisotopic (exact) mass is 476 g/mol. The highest BCUT2D eigenvalue weighted by molar-refractivity contribution is 7.13. The molecule has 0 radical (unpaired) electrons. The van der Waals surface area contributed by atoms with Crippen LogP contribution in [0.4, 0.5) is 4.79 Å². The van der Waals surface area contributed by atoms with E-state index in [2.05, 4.69) is 15.5 Å². The lowest BCUT2D eigenvalue weighted by Gasteiger charge is -2.35. The maximum atomic E-state index is 13.2. The summed E-state index contributed by atoms with van der Waals surface area (Å²) in [5.41, 5.74) is 4.61. The predicted octanol–water partition coefficient (Wildman–Crippen LogP) is 6.46. The third-order valence-electron chi connectivity index (χ3n) is 5.79. The van der Waals surface area contributed by atoms with Crippen LogP contribution in [-0.4, -0.2) is 21.1 Å². The van der Waals surface area contributed by atoms with E-state index >= 15 is 0 Å². The molecule has 2 aromatic carbocycles. The molecule has 8 heteroatoms. The number of halogens is 1. The molecule has 0 aliphatic carbocycles. The first-order chi connectivity index (χ1) is 16.0. The van der Waals surface area contributed by atoms with Crippen molar-refractivity contribution < 1.29 is 9.32 Å². The van der Waals surface area contributed by atoms with Gasteiger partial charge >= 0.3 is 6.03 Å². The Bertz CT molecular complexity index is 1330. The lowest BCUT2D eigenvalue weighted by molar-refractivity contribution is 0.203. The minimum atomic E-state index is -0.445. The number of allylic oxidation sites excluding steroid dienone is 1. The van der Waals surface area contributed by atoms with Crippen LogP contribution >= 0.6 is 22.9 Å². The number of carbonyl (C=O) groups is 1. The van der Waals surface area contributed by atoms with Crippen molar-refractivity contribution in [1.29, 1.82) is 0 Å². The van der Waals surface area contributed by atoms with Crippen LogP contribution in [0.15, 0.2) is 76.3 Å². The average Bonchev–Trinajstić information content (AvgIpc) is 3.50. The average molecular weight is 477 g/mol. The van der Waals surface area contributed by atoms with Gasteiger partial charge in [0.1, 0.15) is 0 Å². The number of thiophene rings is 1. The number of nitrogens with one attached hydrogen (secondary N) is 1. The van der Waals surface area contributed by atoms with Crippen LogP contribution < -0.4 is 5.32 Å². The highest BCUT2D eigenvalue weighted by Crippen LogP contribution is 2.38. The van der Waals surface area contributed by atoms with Gasteiger partial charge in [0.2, 0.25) is 5.82 Å². The van der Waals surface area contributed by atoms with Gasteiger partial charge in [-0.1, -0.05) is 59.2 Å². The molecule has 5 rings (SSSR count). The number of carbonyl (C=O) groups excluding carboxylic acids is 1. The topological polar surface area (TPSA) is 71.3 Å². The smallest absolute Gasteiger partial charge is 0.322 e. The number of amides is 2. The molecule has 3 heterocycles. The quantitative estimate of drug-likeness (QED) is 0.359. The minimum Gasteiger partial charge on any atom is -0.334 e. The largest absolute Gasteiger partial charge is 0.334 e. The zero-order valence-electron chi connectivity index (χ0n) is 18.1. The molecule has 0 fully saturated rings. The minimum absolute atomic E-state index is 0.183. The highest BCUT2D eigenvalue weighted by atomic mass is 35.5. The van der Waals surface area contributed by atoms with Crippen LogP contribution in [0.5, 0.6) is 0 Å². The number of urea groups is 1. The zero-order valence-corrected chi connectivity index (χ0v) is 19.7. The van der Waals surface area contributed by atoms with E-state index in [4.69, 9.17) is 16.1 Å². The first-order valence-electron chi connectivity index (χ1n) is 10.5. The van der Waals surface area contributed by atoms with E-state index in [-0.39, 0.29) is 6.03 Å². The van der Waals surface area contributed by atoms with Crippen LogP contribution in [0, 0.1) is 6.92 Å². The van der Waals surface area contributed by atoms with E-state index < -0.39 is 6.04 Å². The Hall–Kier alpha value is -3.42. The van der Waals surface area contributed by atoms with Crippen molar-refractivity contribution in [2.45, 2.75) is 26.4 Å². The van der Waals surface area contributed by atoms with Gasteiger partial charge in [-0.3, -0.25) is 4.90 Å². The third kappa shape index (κ3) is 4.17. The van der Waals surface area contributed by atoms with Gasteiger partial charge < -0.3 is 9.84 Å². The first kappa shape index (κ1) is 21.4. The van der Waals surface area contributed by atoms with Crippen molar-refractivity contribution in [3.05, 3.63) is 99.3 Å². The van der Waals surface area contributed by atoms with Crippen molar-refractivity contribution in [3.63, 3.8) is 0 Å². The van der Waals surface area contributed by atoms with Gasteiger partial charge in [0.15, 0.2) is 0 Å². The van der Waals surface area contributed by atoms with Crippen molar-refractivity contribution in [2.24, 2.45) is 0 Å². The summed E-state index contributed by atoms with van der Waals surface area (Å²) in [6, 6.07) is 18.7. The Kier molecular flexibility index (Phi) is 5.74. The fraction of sp³-hybridized carbons (Fsp3) is 0.160. The summed E-state index contributed by atoms with van der Waals surface area (Å²) in [5, 5.41) is 9.91. The Labute approximate surface area is 200 Å². The van der Waals surface area contributed by atoms with E-state index in [0.717, 1.165) is 32.8 Å². The molecule has 33 heavy (non-hydrogen) atoms. The lowest BCUT2D eigenvalue weighted by Crippen LogP contribution is -2.45. The van der Waals surface area contributed by atoms with Gasteiger partial charge in [-0.25, -0.2) is 4.79 Å². The Balaban J connectivity index is 1.61. The van der Waals surface area contributed by atoms with Crippen molar-refractivity contribution >= 4 is 34.5 Å². The summed E-state index contributed by atoms with van der Waals surface area (Å²) in [6.07, 6.45) is 0. The van der Waals surface area contributed by atoms with Gasteiger partial charge in [-0.15, -0.1) is 11.3 Å². The molecule has 1 N–H and O–H groups in total. The number of hydrogen-bond donors (Lipinski definition) is 1. The third-order valence-corrected chi connectivity index (χ3v) is 6.91. The van der Waals surface area contributed by atoms with Crippen LogP contribution in [-0.2, 0) is 6.54 Å². The molecule has 0 bridgehead atoms. The number of rotatable bonds is 5. The fourth-order valence-electron chi connectivity index (χ4n) is 3.95. The second kappa shape index (κ2) is 8.84. The molecule has 2 amide bonds. The van der Waals surface area contributed by atoms with Crippen LogP contribution in [0.1, 0.15) is 35.5 Å². The first-order valence-corrected chi connectivity index (χ1v) is 11.7. The summed E-state index contributed by atoms with van der Waals surface area (Å²) in [5.74, 6) is 0.906. The molecule has 6 nitrogen and oxygen atoms in total. The van der Waals surface area contributed by atoms with Gasteiger partial charge in [-0.2, -0.15) is 4.98 Å². The van der Waals surface area contributed by atoms with E-state index in [9.17, 15) is 4.79 Å². The van der Waals surface area contributed by atoms with Crippen molar-refractivity contribution in [3.8, 4) is 10.7 Å². The van der Waals surface area contributed by atoms with E-state index in [1.165, 1.54) is 0 Å². The number of aryl methyl sites for hydroxylation is 1. The van der Waals surface area contributed by atoms with Crippen molar-refractivity contribution in [2.75, 3.05) is 0 Å². The SMILES string of the molecule is CC1=C(c2nc(-c3cccs3)no2)C(c2ccc(Cl)cc2)NC(=O)N1Cc1ccccc1C. The van der Waals surface area contributed by atoms with Gasteiger partial charge in [0.05, 0.1) is 23.0 Å². The molecule has 0 saturated carbocycles. The normalized spacial score (nSPS) is 16.3. The summed E-state index contributed by atoms with van der Waals surface area (Å²) >= 11 is 7.65. The molecule has 2 aromatic heterocycles. The number of hydrogen-bond acceptors (Lipinski definition) is 5. The van der Waals surface area contributed by atoms with Crippen LogP contribution in [0.25, 0.3) is 16.3 Å². The molecule has 166 valence electrons. The van der Waals surface area contributed by atoms with Crippen molar-refractivity contribution in [1.82, 2.24) is 20.4 Å². The molecular formula is C25H21ClN4O2S. The molecular weight excluding hydrogens is 456 g/mol. The maximum absolute atomic E-state index is 13.2. The van der Waals surface area contributed by atoms with Crippen LogP contribution in [0.2, 0.25) is 5.02 Å². The van der Waals surface area contributed by atoms with E-state index in [0.29, 0.717) is 23.3 Å². The molecule has 1 unspecified atom stereocenters. The zero-order chi connectivity index (χ0) is 22.9. The Morgan fingerprint density at radius 3 is 2.61 bits per heavy atom. The number of nitrogens with zero attached hydrogens (tertiary/aromatic N) is 3. The standard InChI is InChI=1S/C25H21ClN4O2S/c1-15-6-3-4-7-18(15)14-30-16(2)21(24-28-23(29-32-24)20-8-5-13-33-20)22(27-25(30)31)17-9-11-19(26)12-10-17/h3-13,22H,14H2,1-2H3,(H,27,31). The molecule has 0 spiro atoms. The summed E-state index contributed by atoms with van der Waals surface area (Å²) in [7, 11) is 0. The van der Waals surface area contributed by atoms with E-state index in [1.54, 1.807) is 28.4 Å². The Morgan fingerprint density at radius 1 is 1.09 bits per heavy atom. The summed E-state index contributed by atoms with van der Waals surface area (Å²) in [4.78, 5) is 20.5. The number of benzene rings is 2. The maximum Gasteiger partial charge on any atom is 0.322 e. The molecule has 1 aliphatic rings. The molecule has 4 aromatic rings. The molecule has 1 atom stereocenters. The highest BCUT2D eigenvalue weighted by Gasteiger charge is 2.36. The van der Waals surface area contributed by atoms with Gasteiger partial charge in [0.25, 0.3) is 5.89 Å². The second-order valence-electron chi connectivity index (χ2n) is 7.85. The predicted molar refractivity (Wildman–Crippen MR) is 130 cm³/mol. The lowest BCUT2D eigenvalue weighted by atomic mass is 9.94. The second-order valence-corrected chi connectivity index (χ2v) is 9.23. The molecule has 1 aliphatic heterocycles. The van der Waals surface area contributed by atoms with Gasteiger partial charge in [-0.05, 0) is 54.1 Å². The summed E-state index contributed by atoms with van der Waals surface area (Å²) in [6.45, 7) is 4.40. The number of aromatic nitrogens is 2. The van der Waals surface area contributed by atoms with Gasteiger partial charge in [0, 0.05) is 10.7 Å². The summed E-state index contributed by atoms with van der Waals surface area (Å²) < 4.78 is 5.71. The van der Waals surface area contributed by atoms with Crippen LogP contribution in [0.3, 0.4) is 0 Å². The van der Waals surface area contributed by atoms with E-state index in [1.807, 2.05) is 67.8 Å².